The second-order valence-electron chi connectivity index (χ2n) is 4.37. The fraction of sp³-hybridized carbons (Fsp3) is 0.462. The highest BCUT2D eigenvalue weighted by Crippen LogP contribution is 2.17. The number of hydrogen-bond acceptors (Lipinski definition) is 2. The van der Waals surface area contributed by atoms with E-state index in [0.717, 1.165) is 12.5 Å². The molecule has 0 spiro atoms. The highest BCUT2D eigenvalue weighted by molar-refractivity contribution is 5.90. The van der Waals surface area contributed by atoms with Crippen molar-refractivity contribution in [3.8, 4) is 0 Å². The van der Waals surface area contributed by atoms with E-state index >= 15 is 0 Å². The highest BCUT2D eigenvalue weighted by atomic mass is 19.2. The van der Waals surface area contributed by atoms with Crippen LogP contribution >= 0.6 is 0 Å². The first kappa shape index (κ1) is 14.6. The zero-order valence-electron chi connectivity index (χ0n) is 10.4. The lowest BCUT2D eigenvalue weighted by molar-refractivity contribution is -0.116. The molecule has 1 aromatic carbocycles. The summed E-state index contributed by atoms with van der Waals surface area (Å²) in [6, 6.07) is 3.69. The molecule has 0 aliphatic rings. The number of anilines is 1. The number of halogens is 2. The molecule has 1 amide bonds. The molecule has 1 rings (SSSR count). The van der Waals surface area contributed by atoms with Gasteiger partial charge in [0.15, 0.2) is 11.6 Å². The van der Waals surface area contributed by atoms with E-state index in [1.807, 2.05) is 6.92 Å². The molecule has 3 N–H and O–H groups in total. The standard InChI is InChI=1S/C13H18F2N2O/c1-9(7-8-16)5-6-12(18)17-11-4-2-3-10(14)13(11)15/h2-4,9H,5-8,16H2,1H3,(H,17,18). The van der Waals surface area contributed by atoms with Gasteiger partial charge in [-0.2, -0.15) is 0 Å². The molecule has 0 aromatic heterocycles. The Morgan fingerprint density at radius 3 is 2.78 bits per heavy atom. The Kier molecular flexibility index (Phi) is 5.71. The van der Waals surface area contributed by atoms with Crippen molar-refractivity contribution in [1.82, 2.24) is 0 Å². The molecular weight excluding hydrogens is 238 g/mol. The summed E-state index contributed by atoms with van der Waals surface area (Å²) in [7, 11) is 0. The van der Waals surface area contributed by atoms with Crippen molar-refractivity contribution in [2.24, 2.45) is 11.7 Å². The van der Waals surface area contributed by atoms with E-state index in [-0.39, 0.29) is 18.0 Å². The van der Waals surface area contributed by atoms with Crippen LogP contribution in [0.2, 0.25) is 0 Å². The third kappa shape index (κ3) is 4.41. The van der Waals surface area contributed by atoms with Gasteiger partial charge in [-0.05, 0) is 37.4 Å². The lowest BCUT2D eigenvalue weighted by atomic mass is 10.0. The van der Waals surface area contributed by atoms with E-state index in [0.29, 0.717) is 18.9 Å². The highest BCUT2D eigenvalue weighted by Gasteiger charge is 2.11. The van der Waals surface area contributed by atoms with Crippen molar-refractivity contribution in [2.75, 3.05) is 11.9 Å². The lowest BCUT2D eigenvalue weighted by Crippen LogP contribution is -2.15. The zero-order valence-corrected chi connectivity index (χ0v) is 10.4. The number of benzene rings is 1. The average Bonchev–Trinajstić information content (AvgIpc) is 2.33. The summed E-state index contributed by atoms with van der Waals surface area (Å²) in [4.78, 5) is 11.6. The molecule has 18 heavy (non-hydrogen) atoms. The number of carbonyl (C=O) groups excluding carboxylic acids is 1. The fourth-order valence-corrected chi connectivity index (χ4v) is 1.62. The van der Waals surface area contributed by atoms with Crippen molar-refractivity contribution >= 4 is 11.6 Å². The van der Waals surface area contributed by atoms with Crippen LogP contribution in [0.1, 0.15) is 26.2 Å². The molecule has 0 aliphatic carbocycles. The molecule has 1 atom stereocenters. The molecule has 0 bridgehead atoms. The summed E-state index contributed by atoms with van der Waals surface area (Å²) in [5.74, 6) is -1.97. The van der Waals surface area contributed by atoms with Gasteiger partial charge in [-0.1, -0.05) is 13.0 Å². The third-order valence-corrected chi connectivity index (χ3v) is 2.75. The lowest BCUT2D eigenvalue weighted by Gasteiger charge is -2.10. The molecule has 0 saturated heterocycles. The second-order valence-corrected chi connectivity index (χ2v) is 4.37. The van der Waals surface area contributed by atoms with Gasteiger partial charge < -0.3 is 11.1 Å². The number of rotatable bonds is 6. The number of amides is 1. The van der Waals surface area contributed by atoms with Gasteiger partial charge in [-0.3, -0.25) is 4.79 Å². The molecular formula is C13H18F2N2O. The first-order valence-electron chi connectivity index (χ1n) is 5.98. The van der Waals surface area contributed by atoms with Crippen LogP contribution in [0, 0.1) is 17.6 Å². The molecule has 5 heteroatoms. The Morgan fingerprint density at radius 2 is 2.11 bits per heavy atom. The van der Waals surface area contributed by atoms with Gasteiger partial charge in [0, 0.05) is 6.42 Å². The van der Waals surface area contributed by atoms with Gasteiger partial charge in [-0.25, -0.2) is 8.78 Å². The summed E-state index contributed by atoms with van der Waals surface area (Å²) < 4.78 is 26.2. The maximum atomic E-state index is 13.3. The summed E-state index contributed by atoms with van der Waals surface area (Å²) in [6.07, 6.45) is 1.80. The number of carbonyl (C=O) groups is 1. The van der Waals surface area contributed by atoms with Crippen LogP contribution in [-0.4, -0.2) is 12.5 Å². The van der Waals surface area contributed by atoms with Crippen molar-refractivity contribution in [3.05, 3.63) is 29.8 Å². The molecule has 0 fully saturated rings. The number of nitrogens with one attached hydrogen (secondary N) is 1. The maximum absolute atomic E-state index is 13.3. The molecule has 0 heterocycles. The smallest absolute Gasteiger partial charge is 0.224 e. The largest absolute Gasteiger partial charge is 0.330 e. The number of nitrogens with two attached hydrogens (primary N) is 1. The van der Waals surface area contributed by atoms with E-state index in [2.05, 4.69) is 5.32 Å². The molecule has 1 aromatic rings. The molecule has 0 radical (unpaired) electrons. The van der Waals surface area contributed by atoms with Crippen molar-refractivity contribution in [3.63, 3.8) is 0 Å². The summed E-state index contributed by atoms with van der Waals surface area (Å²) >= 11 is 0. The average molecular weight is 256 g/mol. The van der Waals surface area contributed by atoms with Crippen molar-refractivity contribution in [1.29, 1.82) is 0 Å². The Balaban J connectivity index is 2.47. The van der Waals surface area contributed by atoms with Crippen molar-refractivity contribution in [2.45, 2.75) is 26.2 Å². The maximum Gasteiger partial charge on any atom is 0.224 e. The SMILES string of the molecule is CC(CCN)CCC(=O)Nc1cccc(F)c1F. The summed E-state index contributed by atoms with van der Waals surface area (Å²) in [5.41, 5.74) is 5.29. The monoisotopic (exact) mass is 256 g/mol. The normalized spacial score (nSPS) is 12.2. The Hall–Kier alpha value is -1.49. The second kappa shape index (κ2) is 7.06. The van der Waals surface area contributed by atoms with E-state index in [4.69, 9.17) is 5.73 Å². The van der Waals surface area contributed by atoms with Gasteiger partial charge >= 0.3 is 0 Å². The topological polar surface area (TPSA) is 55.1 Å². The number of hydrogen-bond donors (Lipinski definition) is 2. The van der Waals surface area contributed by atoms with Crippen LogP contribution in [-0.2, 0) is 4.79 Å². The Labute approximate surface area is 105 Å². The van der Waals surface area contributed by atoms with Crippen LogP contribution in [0.4, 0.5) is 14.5 Å². The Morgan fingerprint density at radius 1 is 1.39 bits per heavy atom. The zero-order chi connectivity index (χ0) is 13.5. The van der Waals surface area contributed by atoms with Gasteiger partial charge in [0.2, 0.25) is 5.91 Å². The van der Waals surface area contributed by atoms with Gasteiger partial charge in [-0.15, -0.1) is 0 Å². The van der Waals surface area contributed by atoms with Gasteiger partial charge in [0.1, 0.15) is 0 Å². The van der Waals surface area contributed by atoms with Crippen LogP contribution in [0.15, 0.2) is 18.2 Å². The summed E-state index contributed by atoms with van der Waals surface area (Å²) in [6.45, 7) is 2.59. The van der Waals surface area contributed by atoms with Crippen LogP contribution in [0.5, 0.6) is 0 Å². The predicted octanol–water partition coefficient (Wildman–Crippen LogP) is 2.67. The Bertz CT molecular complexity index is 410. The van der Waals surface area contributed by atoms with Gasteiger partial charge in [0.05, 0.1) is 5.69 Å². The third-order valence-electron chi connectivity index (χ3n) is 2.75. The molecule has 0 aliphatic heterocycles. The van der Waals surface area contributed by atoms with Crippen LogP contribution in [0.3, 0.4) is 0 Å². The quantitative estimate of drug-likeness (QED) is 0.822. The minimum Gasteiger partial charge on any atom is -0.330 e. The minimum atomic E-state index is -1.03. The van der Waals surface area contributed by atoms with Crippen molar-refractivity contribution < 1.29 is 13.6 Å². The molecule has 1 unspecified atom stereocenters. The fourth-order valence-electron chi connectivity index (χ4n) is 1.62. The first-order chi connectivity index (χ1) is 8.54. The first-order valence-corrected chi connectivity index (χ1v) is 5.98. The molecule has 3 nitrogen and oxygen atoms in total. The van der Waals surface area contributed by atoms with Crippen LogP contribution in [0.25, 0.3) is 0 Å². The van der Waals surface area contributed by atoms with Gasteiger partial charge in [0.25, 0.3) is 0 Å². The predicted molar refractivity (Wildman–Crippen MR) is 67.1 cm³/mol. The van der Waals surface area contributed by atoms with E-state index < -0.39 is 11.6 Å². The van der Waals surface area contributed by atoms with Crippen LogP contribution < -0.4 is 11.1 Å². The summed E-state index contributed by atoms with van der Waals surface area (Å²) in [5, 5.41) is 2.36. The van der Waals surface area contributed by atoms with E-state index in [9.17, 15) is 13.6 Å². The van der Waals surface area contributed by atoms with E-state index in [1.165, 1.54) is 12.1 Å². The molecule has 0 saturated carbocycles. The minimum absolute atomic E-state index is 0.119. The molecule has 100 valence electrons. The van der Waals surface area contributed by atoms with E-state index in [1.54, 1.807) is 0 Å².